The van der Waals surface area contributed by atoms with Gasteiger partial charge in [0.15, 0.2) is 0 Å². The first-order valence-corrected chi connectivity index (χ1v) is 11.2. The smallest absolute Gasteiger partial charge is 0.307 e. The molecule has 8 nitrogen and oxygen atoms in total. The minimum atomic E-state index is -0.541. The number of nitrogens with zero attached hydrogens (tertiary/aromatic N) is 2. The molecule has 0 radical (unpaired) electrons. The van der Waals surface area contributed by atoms with Gasteiger partial charge < -0.3 is 14.8 Å². The van der Waals surface area contributed by atoms with E-state index in [1.807, 2.05) is 0 Å². The lowest BCUT2D eigenvalue weighted by molar-refractivity contribution is -0.144. The molecule has 0 spiro atoms. The van der Waals surface area contributed by atoms with E-state index in [4.69, 9.17) is 9.47 Å². The number of esters is 2. The van der Waals surface area contributed by atoms with Gasteiger partial charge in [-0.2, -0.15) is 5.10 Å². The molecule has 0 saturated heterocycles. The van der Waals surface area contributed by atoms with E-state index in [-0.39, 0.29) is 28.5 Å². The Morgan fingerprint density at radius 1 is 1.17 bits per heavy atom. The van der Waals surface area contributed by atoms with Crippen molar-refractivity contribution >= 4 is 39.5 Å². The Morgan fingerprint density at radius 2 is 1.77 bits per heavy atom. The van der Waals surface area contributed by atoms with Crippen molar-refractivity contribution in [1.82, 2.24) is 9.78 Å². The Morgan fingerprint density at radius 3 is 2.30 bits per heavy atom. The van der Waals surface area contributed by atoms with Gasteiger partial charge in [0.25, 0.3) is 0 Å². The van der Waals surface area contributed by atoms with Gasteiger partial charge >= 0.3 is 11.9 Å². The minimum absolute atomic E-state index is 0.0138. The number of ether oxygens (including phenoxy) is 2. The third-order valence-corrected chi connectivity index (χ3v) is 7.89. The summed E-state index contributed by atoms with van der Waals surface area (Å²) < 4.78 is 11.1. The third-order valence-electron chi connectivity index (χ3n) is 6.96. The fourth-order valence-electron chi connectivity index (χ4n) is 6.09. The van der Waals surface area contributed by atoms with E-state index in [0.29, 0.717) is 17.5 Å². The molecule has 0 aliphatic heterocycles. The Kier molecular flexibility index (Phi) is 5.67. The van der Waals surface area contributed by atoms with Crippen LogP contribution in [0.2, 0.25) is 0 Å². The second kappa shape index (κ2) is 7.98. The average Bonchev–Trinajstić information content (AvgIpc) is 3.13. The number of hydrogen-bond donors (Lipinski definition) is 1. The Bertz CT molecular complexity index is 821. The largest absolute Gasteiger partial charge is 0.469 e. The maximum absolute atomic E-state index is 13.3. The van der Waals surface area contributed by atoms with Crippen molar-refractivity contribution in [2.24, 2.45) is 17.3 Å². The number of hydrogen-bond acceptors (Lipinski definition) is 6. The van der Waals surface area contributed by atoms with Crippen molar-refractivity contribution in [2.45, 2.75) is 61.7 Å². The summed E-state index contributed by atoms with van der Waals surface area (Å²) in [5, 5.41) is 7.33. The molecule has 164 valence electrons. The van der Waals surface area contributed by atoms with E-state index in [9.17, 15) is 14.4 Å². The van der Waals surface area contributed by atoms with Crippen molar-refractivity contribution in [2.75, 3.05) is 19.5 Å². The zero-order valence-electron chi connectivity index (χ0n) is 17.4. The molecule has 1 amide bonds. The van der Waals surface area contributed by atoms with Crippen LogP contribution in [0.4, 0.5) is 5.69 Å². The summed E-state index contributed by atoms with van der Waals surface area (Å²) >= 11 is 3.94. The number of alkyl halides is 1. The van der Waals surface area contributed by atoms with E-state index in [2.05, 4.69) is 26.3 Å². The van der Waals surface area contributed by atoms with E-state index >= 15 is 0 Å². The van der Waals surface area contributed by atoms with Crippen molar-refractivity contribution in [3.63, 3.8) is 0 Å². The molecule has 4 fully saturated rings. The number of nitrogens with one attached hydrogen (secondary N) is 1. The highest BCUT2D eigenvalue weighted by atomic mass is 79.9. The third kappa shape index (κ3) is 4.13. The summed E-state index contributed by atoms with van der Waals surface area (Å²) in [5.41, 5.74) is 0.242. The predicted octanol–water partition coefficient (Wildman–Crippen LogP) is 3.22. The number of carbonyl (C=O) groups is 3. The van der Waals surface area contributed by atoms with Crippen molar-refractivity contribution < 1.29 is 23.9 Å². The Balaban J connectivity index is 1.47. The molecule has 1 heterocycles. The highest BCUT2D eigenvalue weighted by molar-refractivity contribution is 9.10. The number of amides is 1. The maximum Gasteiger partial charge on any atom is 0.307 e. The monoisotopic (exact) mass is 481 g/mol. The fourth-order valence-corrected chi connectivity index (χ4v) is 7.55. The summed E-state index contributed by atoms with van der Waals surface area (Å²) in [4.78, 5) is 36.8. The van der Waals surface area contributed by atoms with Crippen molar-refractivity contribution in [1.29, 1.82) is 0 Å². The second-order valence-corrected chi connectivity index (χ2v) is 11.0. The second-order valence-electron chi connectivity index (χ2n) is 9.27. The van der Waals surface area contributed by atoms with Gasteiger partial charge in [0, 0.05) is 10.5 Å². The first-order chi connectivity index (χ1) is 14.2. The highest BCUT2D eigenvalue weighted by Crippen LogP contribution is 2.64. The summed E-state index contributed by atoms with van der Waals surface area (Å²) in [6.07, 6.45) is 9.54. The molecule has 4 aliphatic rings. The molecule has 1 N–H and O–H groups in total. The lowest BCUT2D eigenvalue weighted by Crippen LogP contribution is -2.57. The Hall–Kier alpha value is -1.90. The van der Waals surface area contributed by atoms with Crippen LogP contribution in [-0.4, -0.2) is 46.2 Å². The van der Waals surface area contributed by atoms with Crippen LogP contribution in [0.15, 0.2) is 12.4 Å². The summed E-state index contributed by atoms with van der Waals surface area (Å²) in [6, 6.07) is -0.541. The Labute approximate surface area is 184 Å². The van der Waals surface area contributed by atoms with Gasteiger partial charge in [0.05, 0.1) is 50.4 Å². The zero-order chi connectivity index (χ0) is 21.5. The average molecular weight is 482 g/mol. The number of anilines is 1. The molecule has 4 saturated carbocycles. The van der Waals surface area contributed by atoms with Crippen molar-refractivity contribution in [3.8, 4) is 0 Å². The molecule has 1 aromatic rings. The highest BCUT2D eigenvalue weighted by Gasteiger charge is 2.59. The topological polar surface area (TPSA) is 99.5 Å². The molecule has 5 rings (SSSR count). The minimum Gasteiger partial charge on any atom is -0.469 e. The first kappa shape index (κ1) is 21.3. The van der Waals surface area contributed by atoms with Gasteiger partial charge in [-0.3, -0.25) is 19.1 Å². The molecule has 4 aliphatic carbocycles. The molecule has 2 atom stereocenters. The SMILES string of the molecule is COC(=O)CC(CC(=O)OC)n1cc(NC(=O)C23CC4CC(CC(Br)(C4)C2)C3)cn1. The van der Waals surface area contributed by atoms with E-state index in [1.165, 1.54) is 38.2 Å². The number of rotatable bonds is 7. The van der Waals surface area contributed by atoms with Crippen LogP contribution >= 0.6 is 15.9 Å². The molecule has 1 aromatic heterocycles. The van der Waals surface area contributed by atoms with E-state index in [0.717, 1.165) is 19.3 Å². The van der Waals surface area contributed by atoms with Gasteiger partial charge in [-0.25, -0.2) is 0 Å². The lowest BCUT2D eigenvalue weighted by atomic mass is 9.49. The van der Waals surface area contributed by atoms with Gasteiger partial charge in [0.1, 0.15) is 0 Å². The lowest BCUT2D eigenvalue weighted by Gasteiger charge is -2.59. The normalized spacial score (nSPS) is 31.6. The molecular weight excluding hydrogens is 454 g/mol. The first-order valence-electron chi connectivity index (χ1n) is 10.4. The molecular formula is C21H28BrN3O5. The van der Waals surface area contributed by atoms with Gasteiger partial charge in [0.2, 0.25) is 5.91 Å². The quantitative estimate of drug-likeness (QED) is 0.473. The number of methoxy groups -OCH3 is 2. The van der Waals surface area contributed by atoms with Crippen LogP contribution in [0.5, 0.6) is 0 Å². The summed E-state index contributed by atoms with van der Waals surface area (Å²) in [5.74, 6) is 0.395. The van der Waals surface area contributed by atoms with Crippen LogP contribution in [0.3, 0.4) is 0 Å². The number of aromatic nitrogens is 2. The van der Waals surface area contributed by atoms with Crippen LogP contribution in [-0.2, 0) is 23.9 Å². The zero-order valence-corrected chi connectivity index (χ0v) is 18.9. The number of carbonyl (C=O) groups excluding carboxylic acids is 3. The van der Waals surface area contributed by atoms with E-state index in [1.54, 1.807) is 12.4 Å². The van der Waals surface area contributed by atoms with Gasteiger partial charge in [-0.05, 0) is 50.4 Å². The molecule has 4 bridgehead atoms. The number of halogens is 1. The summed E-state index contributed by atoms with van der Waals surface area (Å²) in [6.45, 7) is 0. The van der Waals surface area contributed by atoms with Gasteiger partial charge in [-0.1, -0.05) is 15.9 Å². The van der Waals surface area contributed by atoms with E-state index < -0.39 is 18.0 Å². The predicted molar refractivity (Wildman–Crippen MR) is 112 cm³/mol. The standard InChI is InChI=1S/C21H28BrN3O5/c1-29-17(26)4-16(5-18(27)30-2)25-11-15(10-23-25)24-19(28)20-6-13-3-14(7-20)9-21(22,8-13)12-20/h10-11,13-14,16H,3-9,12H2,1-2H3,(H,24,28). The summed E-state index contributed by atoms with van der Waals surface area (Å²) in [7, 11) is 2.60. The van der Waals surface area contributed by atoms with Gasteiger partial charge in [-0.15, -0.1) is 0 Å². The molecule has 30 heavy (non-hydrogen) atoms. The maximum atomic E-state index is 13.3. The molecule has 0 aromatic carbocycles. The molecule has 9 heteroatoms. The molecule has 2 unspecified atom stereocenters. The van der Waals surface area contributed by atoms with Crippen LogP contribution < -0.4 is 5.32 Å². The van der Waals surface area contributed by atoms with Crippen LogP contribution in [0, 0.1) is 17.3 Å². The van der Waals surface area contributed by atoms with Crippen LogP contribution in [0.1, 0.15) is 57.4 Å². The fraction of sp³-hybridized carbons (Fsp3) is 0.714. The van der Waals surface area contributed by atoms with Crippen molar-refractivity contribution in [3.05, 3.63) is 12.4 Å². The van der Waals surface area contributed by atoms with Crippen LogP contribution in [0.25, 0.3) is 0 Å².